The van der Waals surface area contributed by atoms with Crippen LogP contribution < -0.4 is 5.32 Å². The van der Waals surface area contributed by atoms with Crippen LogP contribution in [0.2, 0.25) is 0 Å². The fourth-order valence-corrected chi connectivity index (χ4v) is 5.06. The second-order valence-corrected chi connectivity index (χ2v) is 9.58. The number of hydrogen-bond donors (Lipinski definition) is 1. The van der Waals surface area contributed by atoms with E-state index in [1.54, 1.807) is 12.4 Å². The van der Waals surface area contributed by atoms with Gasteiger partial charge in [-0.15, -0.1) is 11.3 Å². The molecular weight excluding hydrogens is 412 g/mol. The Morgan fingerprint density at radius 1 is 1.19 bits per heavy atom. The molecule has 2 aliphatic heterocycles. The van der Waals surface area contributed by atoms with Gasteiger partial charge in [0.2, 0.25) is 5.91 Å². The number of likely N-dealkylation sites (tertiary alicyclic amines) is 2. The van der Waals surface area contributed by atoms with E-state index >= 15 is 0 Å². The average Bonchev–Trinajstić information content (AvgIpc) is 3.27. The molecule has 8 nitrogen and oxygen atoms in total. The molecule has 1 atom stereocenters. The third kappa shape index (κ3) is 5.86. The first-order valence-electron chi connectivity index (χ1n) is 11.1. The van der Waals surface area contributed by atoms with Gasteiger partial charge in [0, 0.05) is 37.4 Å². The Kier molecular flexibility index (Phi) is 7.24. The van der Waals surface area contributed by atoms with Crippen molar-refractivity contribution in [1.82, 2.24) is 24.8 Å². The summed E-state index contributed by atoms with van der Waals surface area (Å²) < 4.78 is 0. The van der Waals surface area contributed by atoms with E-state index < -0.39 is 0 Å². The molecule has 2 aromatic heterocycles. The predicted octanol–water partition coefficient (Wildman–Crippen LogP) is 2.70. The van der Waals surface area contributed by atoms with Crippen molar-refractivity contribution < 1.29 is 9.59 Å². The molecule has 0 saturated carbocycles. The summed E-state index contributed by atoms with van der Waals surface area (Å²) in [6, 6.07) is 0. The van der Waals surface area contributed by atoms with Crippen LogP contribution in [0, 0.1) is 11.8 Å². The van der Waals surface area contributed by atoms with Crippen molar-refractivity contribution in [3.05, 3.63) is 35.4 Å². The van der Waals surface area contributed by atoms with Gasteiger partial charge >= 0.3 is 0 Å². The van der Waals surface area contributed by atoms with E-state index in [4.69, 9.17) is 0 Å². The first-order chi connectivity index (χ1) is 15.1. The highest BCUT2D eigenvalue weighted by Crippen LogP contribution is 2.23. The molecule has 0 spiro atoms. The van der Waals surface area contributed by atoms with Gasteiger partial charge in [-0.2, -0.15) is 0 Å². The van der Waals surface area contributed by atoms with E-state index in [9.17, 15) is 9.59 Å². The lowest BCUT2D eigenvalue weighted by atomic mass is 9.90. The maximum atomic E-state index is 12.7. The molecule has 0 bridgehead atoms. The Balaban J connectivity index is 1.29. The van der Waals surface area contributed by atoms with E-state index in [0.29, 0.717) is 29.1 Å². The fourth-order valence-electron chi connectivity index (χ4n) is 4.54. The van der Waals surface area contributed by atoms with Crippen LogP contribution in [-0.4, -0.2) is 69.3 Å². The highest BCUT2D eigenvalue weighted by Gasteiger charge is 2.27. The van der Waals surface area contributed by atoms with Crippen LogP contribution in [0.25, 0.3) is 0 Å². The summed E-state index contributed by atoms with van der Waals surface area (Å²) in [7, 11) is 0. The average molecular weight is 443 g/mol. The van der Waals surface area contributed by atoms with Gasteiger partial charge in [-0.1, -0.05) is 6.92 Å². The lowest BCUT2D eigenvalue weighted by Crippen LogP contribution is -2.46. The molecule has 0 radical (unpaired) electrons. The van der Waals surface area contributed by atoms with E-state index in [-0.39, 0.29) is 11.8 Å². The fraction of sp³-hybridized carbons (Fsp3) is 0.591. The summed E-state index contributed by atoms with van der Waals surface area (Å²) in [5.41, 5.74) is 1.26. The molecule has 9 heteroatoms. The lowest BCUT2D eigenvalue weighted by Gasteiger charge is -2.35. The van der Waals surface area contributed by atoms with Crippen molar-refractivity contribution in [2.24, 2.45) is 11.8 Å². The van der Waals surface area contributed by atoms with Crippen LogP contribution in [0.15, 0.2) is 24.1 Å². The Bertz CT molecular complexity index is 882. The molecule has 2 aliphatic rings. The first-order valence-corrected chi connectivity index (χ1v) is 12.0. The summed E-state index contributed by atoms with van der Waals surface area (Å²) in [6.45, 7) is 6.42. The Morgan fingerprint density at radius 3 is 2.77 bits per heavy atom. The molecule has 4 rings (SSSR count). The zero-order chi connectivity index (χ0) is 21.6. The van der Waals surface area contributed by atoms with Crippen molar-refractivity contribution in [1.29, 1.82) is 0 Å². The molecule has 4 heterocycles. The number of carbonyl (C=O) groups excluding carboxylic acids is 2. The van der Waals surface area contributed by atoms with E-state index in [2.05, 4.69) is 32.1 Å². The molecule has 2 amide bonds. The van der Waals surface area contributed by atoms with Crippen molar-refractivity contribution >= 4 is 28.3 Å². The number of nitrogens with one attached hydrogen (secondary N) is 1. The highest BCUT2D eigenvalue weighted by molar-refractivity contribution is 7.13. The lowest BCUT2D eigenvalue weighted by molar-refractivity contribution is -0.134. The summed E-state index contributed by atoms with van der Waals surface area (Å²) in [5.74, 6) is 1.11. The number of nitrogens with zero attached hydrogens (tertiary/aromatic N) is 5. The monoisotopic (exact) mass is 442 g/mol. The van der Waals surface area contributed by atoms with Crippen molar-refractivity contribution in [2.45, 2.75) is 39.0 Å². The molecule has 31 heavy (non-hydrogen) atoms. The van der Waals surface area contributed by atoms with Crippen LogP contribution >= 0.6 is 11.3 Å². The van der Waals surface area contributed by atoms with E-state index in [0.717, 1.165) is 51.1 Å². The highest BCUT2D eigenvalue weighted by atomic mass is 32.1. The Morgan fingerprint density at radius 2 is 2.03 bits per heavy atom. The third-order valence-electron chi connectivity index (χ3n) is 6.24. The number of carbonyl (C=O) groups is 2. The number of thiazole rings is 1. The van der Waals surface area contributed by atoms with E-state index in [1.165, 1.54) is 30.5 Å². The van der Waals surface area contributed by atoms with Gasteiger partial charge in [0.15, 0.2) is 5.13 Å². The molecule has 2 aromatic rings. The van der Waals surface area contributed by atoms with Crippen molar-refractivity contribution in [3.63, 3.8) is 0 Å². The van der Waals surface area contributed by atoms with Crippen molar-refractivity contribution in [3.8, 4) is 0 Å². The summed E-state index contributed by atoms with van der Waals surface area (Å²) >= 11 is 1.38. The second-order valence-electron chi connectivity index (χ2n) is 8.69. The number of amides is 2. The van der Waals surface area contributed by atoms with Crippen LogP contribution in [0.5, 0.6) is 0 Å². The number of rotatable bonds is 6. The minimum absolute atomic E-state index is 0.228. The number of piperidine rings is 2. The minimum Gasteiger partial charge on any atom is -0.342 e. The normalized spacial score (nSPS) is 20.5. The quantitative estimate of drug-likeness (QED) is 0.740. The first kappa shape index (κ1) is 21.8. The maximum Gasteiger partial charge on any atom is 0.260 e. The Labute approximate surface area is 187 Å². The molecule has 166 valence electrons. The van der Waals surface area contributed by atoms with Gasteiger partial charge in [-0.3, -0.25) is 19.8 Å². The number of hydrogen-bond acceptors (Lipinski definition) is 7. The maximum absolute atomic E-state index is 12.7. The van der Waals surface area contributed by atoms with Gasteiger partial charge in [0.25, 0.3) is 5.91 Å². The number of anilines is 1. The van der Waals surface area contributed by atoms with Crippen LogP contribution in [-0.2, 0) is 11.2 Å². The number of aromatic nitrogens is 3. The Hall–Kier alpha value is -2.39. The minimum atomic E-state index is -0.228. The van der Waals surface area contributed by atoms with Gasteiger partial charge in [0.1, 0.15) is 6.33 Å². The zero-order valence-corrected chi connectivity index (χ0v) is 18.8. The van der Waals surface area contributed by atoms with Crippen LogP contribution in [0.3, 0.4) is 0 Å². The van der Waals surface area contributed by atoms with Gasteiger partial charge in [-0.05, 0) is 50.5 Å². The summed E-state index contributed by atoms with van der Waals surface area (Å²) in [4.78, 5) is 42.2. The largest absolute Gasteiger partial charge is 0.342 e. The van der Waals surface area contributed by atoms with E-state index in [1.807, 2.05) is 10.3 Å². The molecule has 1 N–H and O–H groups in total. The smallest absolute Gasteiger partial charge is 0.260 e. The third-order valence-corrected chi connectivity index (χ3v) is 6.93. The molecule has 0 aliphatic carbocycles. The van der Waals surface area contributed by atoms with Gasteiger partial charge in [-0.25, -0.2) is 15.0 Å². The van der Waals surface area contributed by atoms with Crippen LogP contribution in [0.1, 0.15) is 48.7 Å². The van der Waals surface area contributed by atoms with Gasteiger partial charge < -0.3 is 4.90 Å². The second kappa shape index (κ2) is 10.3. The predicted molar refractivity (Wildman–Crippen MR) is 120 cm³/mol. The molecule has 0 aromatic carbocycles. The molecule has 2 saturated heterocycles. The van der Waals surface area contributed by atoms with Crippen molar-refractivity contribution in [2.75, 3.05) is 38.0 Å². The topological polar surface area (TPSA) is 91.3 Å². The van der Waals surface area contributed by atoms with Crippen LogP contribution in [0.4, 0.5) is 5.13 Å². The summed E-state index contributed by atoms with van der Waals surface area (Å²) in [5, 5.41) is 5.19. The zero-order valence-electron chi connectivity index (χ0n) is 18.0. The molecule has 0 unspecified atom stereocenters. The summed E-state index contributed by atoms with van der Waals surface area (Å²) in [6.07, 6.45) is 9.76. The van der Waals surface area contributed by atoms with Gasteiger partial charge in [0.05, 0.1) is 17.8 Å². The standard InChI is InChI=1S/C22H30N6O2S/c1-16-3-2-7-27(13-16)14-20(29)28-8-4-17(5-9-28)11-19-18(12-23-15-25-19)21(30)26-22-24-6-10-31-22/h6,10,12,15-17H,2-5,7-9,11,13-14H2,1H3,(H,24,26,30)/t16-/m0/s1. The molecular formula is C22H30N6O2S. The molecule has 2 fully saturated rings. The SMILES string of the molecule is C[C@H]1CCCN(CC(=O)N2CCC(Cc3ncncc3C(=O)Nc3nccs3)CC2)C1.